The molecule has 1 aliphatic rings. The maximum absolute atomic E-state index is 12.5. The van der Waals surface area contributed by atoms with Crippen molar-refractivity contribution in [1.29, 1.82) is 0 Å². The fourth-order valence-corrected chi connectivity index (χ4v) is 3.22. The lowest BCUT2D eigenvalue weighted by atomic mass is 10.1. The van der Waals surface area contributed by atoms with Crippen LogP contribution in [0.25, 0.3) is 5.82 Å². The van der Waals surface area contributed by atoms with Crippen LogP contribution in [0.5, 0.6) is 0 Å². The lowest BCUT2D eigenvalue weighted by Crippen LogP contribution is -2.50. The highest BCUT2D eigenvalue weighted by molar-refractivity contribution is 5.89. The normalized spacial score (nSPS) is 14.2. The molecule has 4 rings (SSSR count). The molecule has 8 nitrogen and oxygen atoms in total. The van der Waals surface area contributed by atoms with Crippen LogP contribution >= 0.6 is 0 Å². The van der Waals surface area contributed by atoms with Crippen molar-refractivity contribution in [3.63, 3.8) is 0 Å². The minimum Gasteiger partial charge on any atom is -0.352 e. The van der Waals surface area contributed by atoms with Crippen molar-refractivity contribution in [2.24, 2.45) is 0 Å². The molecule has 3 aromatic rings. The lowest BCUT2D eigenvalue weighted by Gasteiger charge is -2.35. The molecule has 8 heteroatoms. The molecular formula is C20H23N7O. The highest BCUT2D eigenvalue weighted by Gasteiger charge is 2.22. The summed E-state index contributed by atoms with van der Waals surface area (Å²) in [5.41, 5.74) is 2.05. The molecule has 0 atom stereocenters. The minimum atomic E-state index is -0.0620. The highest BCUT2D eigenvalue weighted by Crippen LogP contribution is 2.16. The maximum Gasteiger partial charge on any atom is 0.321 e. The van der Waals surface area contributed by atoms with Crippen LogP contribution in [0.3, 0.4) is 0 Å². The average Bonchev–Trinajstić information content (AvgIpc) is 3.29. The largest absolute Gasteiger partial charge is 0.352 e. The van der Waals surface area contributed by atoms with Crippen LogP contribution in [-0.2, 0) is 6.42 Å². The van der Waals surface area contributed by atoms with E-state index in [2.05, 4.69) is 38.5 Å². The van der Waals surface area contributed by atoms with Crippen LogP contribution in [0.15, 0.2) is 54.9 Å². The number of carbonyl (C=O) groups excluding carboxylic acids is 1. The van der Waals surface area contributed by atoms with E-state index < -0.39 is 0 Å². The van der Waals surface area contributed by atoms with Crippen LogP contribution in [0, 0.1) is 0 Å². The average molecular weight is 377 g/mol. The van der Waals surface area contributed by atoms with Crippen molar-refractivity contribution in [3.8, 4) is 5.82 Å². The SMILES string of the molecule is CCc1cccc(NC(=O)N2CCN(c3ccc(-n4cccn4)nn3)CC2)c1. The van der Waals surface area contributed by atoms with Gasteiger partial charge in [-0.2, -0.15) is 5.10 Å². The van der Waals surface area contributed by atoms with E-state index in [0.29, 0.717) is 18.9 Å². The zero-order chi connectivity index (χ0) is 19.3. The first-order valence-electron chi connectivity index (χ1n) is 9.46. The second kappa shape index (κ2) is 8.08. The summed E-state index contributed by atoms with van der Waals surface area (Å²) in [7, 11) is 0. The fourth-order valence-electron chi connectivity index (χ4n) is 3.22. The third-order valence-electron chi connectivity index (χ3n) is 4.85. The summed E-state index contributed by atoms with van der Waals surface area (Å²) in [5, 5.41) is 15.7. The number of nitrogens with one attached hydrogen (secondary N) is 1. The molecule has 1 fully saturated rings. The molecule has 0 aliphatic carbocycles. The van der Waals surface area contributed by atoms with Gasteiger partial charge in [0, 0.05) is 44.3 Å². The predicted molar refractivity (Wildman–Crippen MR) is 108 cm³/mol. The molecule has 0 saturated carbocycles. The monoisotopic (exact) mass is 377 g/mol. The van der Waals surface area contributed by atoms with Crippen LogP contribution in [0.2, 0.25) is 0 Å². The van der Waals surface area contributed by atoms with Gasteiger partial charge in [0.05, 0.1) is 0 Å². The van der Waals surface area contributed by atoms with Crippen LogP contribution < -0.4 is 10.2 Å². The summed E-state index contributed by atoms with van der Waals surface area (Å²) in [6.45, 7) is 4.82. The molecule has 2 aromatic heterocycles. The molecule has 0 unspecified atom stereocenters. The van der Waals surface area contributed by atoms with Crippen molar-refractivity contribution >= 4 is 17.5 Å². The topological polar surface area (TPSA) is 79.2 Å². The van der Waals surface area contributed by atoms with E-state index in [9.17, 15) is 4.79 Å². The molecule has 1 aromatic carbocycles. The van der Waals surface area contributed by atoms with Gasteiger partial charge in [-0.25, -0.2) is 9.48 Å². The Morgan fingerprint density at radius 3 is 2.50 bits per heavy atom. The number of carbonyl (C=O) groups is 1. The number of urea groups is 1. The van der Waals surface area contributed by atoms with Crippen molar-refractivity contribution in [1.82, 2.24) is 24.9 Å². The molecule has 0 bridgehead atoms. The smallest absolute Gasteiger partial charge is 0.321 e. The van der Waals surface area contributed by atoms with Gasteiger partial charge in [0.15, 0.2) is 11.6 Å². The zero-order valence-corrected chi connectivity index (χ0v) is 15.8. The number of aryl methyl sites for hydroxylation is 1. The molecule has 0 spiro atoms. The standard InChI is InChI=1S/C20H23N7O/c1-2-16-5-3-6-17(15-16)22-20(28)26-13-11-25(12-14-26)18-7-8-19(24-23-18)27-10-4-9-21-27/h3-10,15H,2,11-14H2,1H3,(H,22,28). The summed E-state index contributed by atoms with van der Waals surface area (Å²) in [5.74, 6) is 1.49. The summed E-state index contributed by atoms with van der Waals surface area (Å²) in [6.07, 6.45) is 4.48. The Hall–Kier alpha value is -3.42. The molecule has 0 radical (unpaired) electrons. The molecule has 1 saturated heterocycles. The minimum absolute atomic E-state index is 0.0620. The van der Waals surface area contributed by atoms with Gasteiger partial charge < -0.3 is 15.1 Å². The summed E-state index contributed by atoms with van der Waals surface area (Å²) in [4.78, 5) is 16.5. The Morgan fingerprint density at radius 1 is 1.04 bits per heavy atom. The van der Waals surface area contributed by atoms with Gasteiger partial charge in [-0.1, -0.05) is 19.1 Å². The second-order valence-corrected chi connectivity index (χ2v) is 6.66. The van der Waals surface area contributed by atoms with Gasteiger partial charge in [0.1, 0.15) is 0 Å². The molecule has 1 aliphatic heterocycles. The van der Waals surface area contributed by atoms with E-state index in [1.165, 1.54) is 5.56 Å². The highest BCUT2D eigenvalue weighted by atomic mass is 16.2. The number of anilines is 2. The van der Waals surface area contributed by atoms with E-state index in [1.807, 2.05) is 47.5 Å². The van der Waals surface area contributed by atoms with Gasteiger partial charge in [-0.3, -0.25) is 0 Å². The van der Waals surface area contributed by atoms with Crippen LogP contribution in [0.1, 0.15) is 12.5 Å². The first-order valence-corrected chi connectivity index (χ1v) is 9.46. The third-order valence-corrected chi connectivity index (χ3v) is 4.85. The molecule has 2 amide bonds. The van der Waals surface area contributed by atoms with Crippen LogP contribution in [-0.4, -0.2) is 57.1 Å². The van der Waals surface area contributed by atoms with Gasteiger partial charge in [0.25, 0.3) is 0 Å². The van der Waals surface area contributed by atoms with Crippen molar-refractivity contribution in [3.05, 3.63) is 60.4 Å². The van der Waals surface area contributed by atoms with Gasteiger partial charge in [0.2, 0.25) is 0 Å². The fraction of sp³-hybridized carbons (Fsp3) is 0.300. The Bertz CT molecular complexity index is 916. The van der Waals surface area contributed by atoms with Crippen molar-refractivity contribution in [2.75, 3.05) is 36.4 Å². The third kappa shape index (κ3) is 3.95. The number of piperazine rings is 1. The van der Waals surface area contributed by atoms with Crippen molar-refractivity contribution < 1.29 is 4.79 Å². The van der Waals surface area contributed by atoms with Crippen LogP contribution in [0.4, 0.5) is 16.3 Å². The van der Waals surface area contributed by atoms with E-state index >= 15 is 0 Å². The Kier molecular flexibility index (Phi) is 5.18. The van der Waals surface area contributed by atoms with Gasteiger partial charge >= 0.3 is 6.03 Å². The van der Waals surface area contributed by atoms with E-state index in [0.717, 1.165) is 31.0 Å². The molecule has 3 heterocycles. The zero-order valence-electron chi connectivity index (χ0n) is 15.8. The number of hydrogen-bond acceptors (Lipinski definition) is 5. The van der Waals surface area contributed by atoms with Gasteiger partial charge in [-0.05, 0) is 42.3 Å². The lowest BCUT2D eigenvalue weighted by molar-refractivity contribution is 0.208. The Balaban J connectivity index is 1.33. The number of benzene rings is 1. The summed E-state index contributed by atoms with van der Waals surface area (Å²) in [6, 6.07) is 13.6. The first kappa shape index (κ1) is 18.0. The quantitative estimate of drug-likeness (QED) is 0.756. The predicted octanol–water partition coefficient (Wildman–Crippen LogP) is 2.58. The number of rotatable bonds is 4. The molecule has 1 N–H and O–H groups in total. The van der Waals surface area contributed by atoms with Crippen molar-refractivity contribution in [2.45, 2.75) is 13.3 Å². The van der Waals surface area contributed by atoms with E-state index in [4.69, 9.17) is 0 Å². The summed E-state index contributed by atoms with van der Waals surface area (Å²) >= 11 is 0. The second-order valence-electron chi connectivity index (χ2n) is 6.66. The number of nitrogens with zero attached hydrogens (tertiary/aromatic N) is 6. The number of aromatic nitrogens is 4. The molecule has 28 heavy (non-hydrogen) atoms. The summed E-state index contributed by atoms with van der Waals surface area (Å²) < 4.78 is 1.67. The van der Waals surface area contributed by atoms with E-state index in [-0.39, 0.29) is 6.03 Å². The Morgan fingerprint density at radius 2 is 1.82 bits per heavy atom. The van der Waals surface area contributed by atoms with E-state index in [1.54, 1.807) is 10.9 Å². The number of hydrogen-bond donors (Lipinski definition) is 1. The first-order chi connectivity index (χ1) is 13.7. The molecule has 144 valence electrons. The van der Waals surface area contributed by atoms with Gasteiger partial charge in [-0.15, -0.1) is 10.2 Å². The maximum atomic E-state index is 12.5. The Labute approximate surface area is 163 Å². The number of amides is 2. The molecular weight excluding hydrogens is 354 g/mol.